The molecule has 0 aliphatic carbocycles. The van der Waals surface area contributed by atoms with Crippen LogP contribution in [0.4, 0.5) is 16.6 Å². The van der Waals surface area contributed by atoms with Crippen LogP contribution in [0.5, 0.6) is 0 Å². The number of nitrogens with zero attached hydrogens (tertiary/aromatic N) is 5. The zero-order valence-electron chi connectivity index (χ0n) is 16.6. The minimum Gasteiger partial charge on any atom is -0.447 e. The van der Waals surface area contributed by atoms with Gasteiger partial charge in [0.1, 0.15) is 18.5 Å². The number of anilines is 2. The van der Waals surface area contributed by atoms with Gasteiger partial charge in [0, 0.05) is 11.6 Å². The van der Waals surface area contributed by atoms with Gasteiger partial charge in [0.05, 0.1) is 6.04 Å². The summed E-state index contributed by atoms with van der Waals surface area (Å²) >= 11 is 0. The molecule has 3 rings (SSSR count). The number of rotatable bonds is 5. The minimum absolute atomic E-state index is 0.0528. The van der Waals surface area contributed by atoms with Crippen LogP contribution in [-0.4, -0.2) is 38.9 Å². The normalized spacial score (nSPS) is 18.7. The molecule has 1 N–H and O–H groups in total. The molecule has 3 heterocycles. The lowest BCUT2D eigenvalue weighted by atomic mass is 9.96. The number of carbonyl (C=O) groups is 1. The van der Waals surface area contributed by atoms with E-state index in [2.05, 4.69) is 25.4 Å². The third-order valence-electron chi connectivity index (χ3n) is 4.39. The van der Waals surface area contributed by atoms with Crippen LogP contribution in [0.15, 0.2) is 16.8 Å². The van der Waals surface area contributed by atoms with Gasteiger partial charge in [-0.15, -0.1) is 0 Å². The van der Waals surface area contributed by atoms with E-state index in [-0.39, 0.29) is 23.4 Å². The van der Waals surface area contributed by atoms with E-state index in [0.29, 0.717) is 30.1 Å². The fourth-order valence-electron chi connectivity index (χ4n) is 2.71. The van der Waals surface area contributed by atoms with E-state index in [0.717, 1.165) is 0 Å². The summed E-state index contributed by atoms with van der Waals surface area (Å²) in [5, 5.41) is 7.18. The summed E-state index contributed by atoms with van der Waals surface area (Å²) in [7, 11) is 0. The summed E-state index contributed by atoms with van der Waals surface area (Å²) in [6, 6.07) is 1.36. The first kappa shape index (κ1) is 19.1. The molecule has 0 radical (unpaired) electrons. The van der Waals surface area contributed by atoms with Gasteiger partial charge < -0.3 is 14.6 Å². The van der Waals surface area contributed by atoms with E-state index in [1.165, 1.54) is 0 Å². The van der Waals surface area contributed by atoms with Crippen molar-refractivity contribution in [3.05, 3.63) is 24.0 Å². The predicted octanol–water partition coefficient (Wildman–Crippen LogP) is 3.31. The molecule has 1 saturated heterocycles. The Hall–Kier alpha value is -2.71. The van der Waals surface area contributed by atoms with E-state index >= 15 is 0 Å². The fourth-order valence-corrected chi connectivity index (χ4v) is 2.71. The van der Waals surface area contributed by atoms with Crippen LogP contribution in [0.1, 0.15) is 59.3 Å². The monoisotopic (exact) mass is 374 g/mol. The van der Waals surface area contributed by atoms with Crippen LogP contribution in [0.3, 0.4) is 0 Å². The van der Waals surface area contributed by atoms with Crippen molar-refractivity contribution in [3.63, 3.8) is 0 Å². The largest absolute Gasteiger partial charge is 0.447 e. The van der Waals surface area contributed by atoms with Gasteiger partial charge in [0.25, 0.3) is 0 Å². The summed E-state index contributed by atoms with van der Waals surface area (Å²) in [4.78, 5) is 26.9. The van der Waals surface area contributed by atoms with Gasteiger partial charge in [0.2, 0.25) is 11.8 Å². The predicted molar refractivity (Wildman–Crippen MR) is 99.5 cm³/mol. The van der Waals surface area contributed by atoms with Crippen LogP contribution in [0.25, 0.3) is 0 Å². The van der Waals surface area contributed by atoms with Crippen LogP contribution < -0.4 is 10.2 Å². The van der Waals surface area contributed by atoms with Crippen molar-refractivity contribution < 1.29 is 14.1 Å². The van der Waals surface area contributed by atoms with Crippen molar-refractivity contribution >= 4 is 17.9 Å². The summed E-state index contributed by atoms with van der Waals surface area (Å²) in [5.41, 5.74) is -0.195. The van der Waals surface area contributed by atoms with E-state index in [1.807, 2.05) is 41.5 Å². The average Bonchev–Trinajstić information content (AvgIpc) is 3.21. The molecule has 0 aromatic carbocycles. The molecule has 2 aromatic rings. The van der Waals surface area contributed by atoms with Gasteiger partial charge in [-0.3, -0.25) is 4.90 Å². The Bertz CT molecular complexity index is 813. The molecule has 27 heavy (non-hydrogen) atoms. The Labute approximate surface area is 158 Å². The highest BCUT2D eigenvalue weighted by Gasteiger charge is 2.37. The molecule has 9 nitrogen and oxygen atoms in total. The Kier molecular flexibility index (Phi) is 5.03. The highest BCUT2D eigenvalue weighted by Crippen LogP contribution is 2.27. The third-order valence-corrected chi connectivity index (χ3v) is 4.39. The maximum atomic E-state index is 12.1. The molecule has 1 aliphatic heterocycles. The fraction of sp³-hybridized carbons (Fsp3) is 0.611. The highest BCUT2D eigenvalue weighted by molar-refractivity contribution is 5.89. The zero-order chi connectivity index (χ0) is 19.8. The lowest BCUT2D eigenvalue weighted by Gasteiger charge is -2.23. The second-order valence-corrected chi connectivity index (χ2v) is 8.07. The maximum Gasteiger partial charge on any atom is 0.415 e. The van der Waals surface area contributed by atoms with Gasteiger partial charge in [-0.2, -0.15) is 9.97 Å². The Balaban J connectivity index is 1.78. The number of carbonyl (C=O) groups excluding carboxylic acids is 1. The van der Waals surface area contributed by atoms with Crippen molar-refractivity contribution in [1.82, 2.24) is 20.1 Å². The quantitative estimate of drug-likeness (QED) is 0.849. The number of aromatic nitrogens is 4. The molecule has 2 atom stereocenters. The van der Waals surface area contributed by atoms with Crippen molar-refractivity contribution in [3.8, 4) is 0 Å². The molecule has 1 aliphatic rings. The molecule has 9 heteroatoms. The minimum atomic E-state index is -0.391. The van der Waals surface area contributed by atoms with Crippen molar-refractivity contribution in [2.75, 3.05) is 16.8 Å². The summed E-state index contributed by atoms with van der Waals surface area (Å²) in [6.45, 7) is 12.4. The standard InChI is InChI=1S/C18H26N6O3/c1-10(2)12-9-26-17(25)24(12)13-7-8-19-16(21-13)20-11(3)14-22-15(23-27-14)18(4,5)6/h7-8,10-12H,9H2,1-6H3,(H,19,20,21). The van der Waals surface area contributed by atoms with Gasteiger partial charge >= 0.3 is 6.09 Å². The summed E-state index contributed by atoms with van der Waals surface area (Å²) in [6.07, 6.45) is 1.22. The van der Waals surface area contributed by atoms with Crippen LogP contribution >= 0.6 is 0 Å². The molecular weight excluding hydrogens is 348 g/mol. The first-order chi connectivity index (χ1) is 12.7. The van der Waals surface area contributed by atoms with Crippen molar-refractivity contribution in [2.45, 2.75) is 59.0 Å². The molecule has 2 unspecified atom stereocenters. The molecule has 146 valence electrons. The molecule has 1 amide bonds. The topological polar surface area (TPSA) is 106 Å². The number of hydrogen-bond acceptors (Lipinski definition) is 8. The van der Waals surface area contributed by atoms with E-state index in [1.54, 1.807) is 17.2 Å². The van der Waals surface area contributed by atoms with Gasteiger partial charge in [-0.1, -0.05) is 39.8 Å². The molecule has 1 fully saturated rings. The molecule has 0 saturated carbocycles. The van der Waals surface area contributed by atoms with E-state index in [4.69, 9.17) is 9.26 Å². The van der Waals surface area contributed by atoms with E-state index < -0.39 is 6.09 Å². The lowest BCUT2D eigenvalue weighted by Crippen LogP contribution is -2.37. The SMILES string of the molecule is CC(Nc1nccc(N2C(=O)OCC2C(C)C)n1)c1nc(C(C)(C)C)no1. The third kappa shape index (κ3) is 4.01. The highest BCUT2D eigenvalue weighted by atomic mass is 16.6. The van der Waals surface area contributed by atoms with Crippen molar-refractivity contribution in [2.24, 2.45) is 5.92 Å². The van der Waals surface area contributed by atoms with E-state index in [9.17, 15) is 4.79 Å². The summed E-state index contributed by atoms with van der Waals surface area (Å²) in [5.74, 6) is 2.21. The Morgan fingerprint density at radius 2 is 2.00 bits per heavy atom. The summed E-state index contributed by atoms with van der Waals surface area (Å²) < 4.78 is 10.5. The first-order valence-electron chi connectivity index (χ1n) is 9.06. The molecular formula is C18H26N6O3. The average molecular weight is 374 g/mol. The molecule has 0 spiro atoms. The second-order valence-electron chi connectivity index (χ2n) is 8.07. The van der Waals surface area contributed by atoms with Crippen LogP contribution in [0, 0.1) is 5.92 Å². The lowest BCUT2D eigenvalue weighted by molar-refractivity contribution is 0.177. The second kappa shape index (κ2) is 7.13. The van der Waals surface area contributed by atoms with Crippen molar-refractivity contribution in [1.29, 1.82) is 0 Å². The number of hydrogen-bond donors (Lipinski definition) is 1. The molecule has 2 aromatic heterocycles. The number of cyclic esters (lactones) is 1. The van der Waals surface area contributed by atoms with Crippen LogP contribution in [-0.2, 0) is 10.2 Å². The zero-order valence-corrected chi connectivity index (χ0v) is 16.6. The first-order valence-corrected chi connectivity index (χ1v) is 9.06. The number of amides is 1. The van der Waals surface area contributed by atoms with Gasteiger partial charge in [-0.05, 0) is 18.9 Å². The number of ether oxygens (including phenoxy) is 1. The Morgan fingerprint density at radius 3 is 2.63 bits per heavy atom. The van der Waals surface area contributed by atoms with Gasteiger partial charge in [-0.25, -0.2) is 9.78 Å². The maximum absolute atomic E-state index is 12.1. The van der Waals surface area contributed by atoms with Gasteiger partial charge in [0.15, 0.2) is 5.82 Å². The smallest absolute Gasteiger partial charge is 0.415 e. The Morgan fingerprint density at radius 1 is 1.26 bits per heavy atom. The molecule has 0 bridgehead atoms. The number of nitrogens with one attached hydrogen (secondary N) is 1. The van der Waals surface area contributed by atoms with Crippen LogP contribution in [0.2, 0.25) is 0 Å².